The van der Waals surface area contributed by atoms with Crippen molar-refractivity contribution in [3.8, 4) is 11.4 Å². The summed E-state index contributed by atoms with van der Waals surface area (Å²) in [7, 11) is 1.99. The number of fused-ring (bicyclic) bond motifs is 1. The fraction of sp³-hybridized carbons (Fsp3) is 0.640. The zero-order chi connectivity index (χ0) is 23.9. The molecule has 1 saturated heterocycles. The summed E-state index contributed by atoms with van der Waals surface area (Å²) in [5.41, 5.74) is 1.89. The Bertz CT molecular complexity index is 958. The van der Waals surface area contributed by atoms with Gasteiger partial charge in [0.25, 0.3) is 0 Å². The lowest BCUT2D eigenvalue weighted by Gasteiger charge is -2.34. The van der Waals surface area contributed by atoms with Gasteiger partial charge < -0.3 is 19.7 Å². The van der Waals surface area contributed by atoms with Crippen LogP contribution < -0.4 is 10.2 Å². The Hall–Kier alpha value is -2.65. The van der Waals surface area contributed by atoms with Crippen LogP contribution >= 0.6 is 0 Å². The second-order valence-electron chi connectivity index (χ2n) is 9.40. The molecule has 0 aromatic carbocycles. The predicted octanol–water partition coefficient (Wildman–Crippen LogP) is 1.94. The van der Waals surface area contributed by atoms with Crippen molar-refractivity contribution in [3.05, 3.63) is 24.4 Å². The largest absolute Gasteiger partial charge is 0.356 e. The maximum atomic E-state index is 12.6. The van der Waals surface area contributed by atoms with Crippen LogP contribution in [0.25, 0.3) is 11.4 Å². The number of carbonyl (C=O) groups is 2. The van der Waals surface area contributed by atoms with Crippen molar-refractivity contribution in [1.82, 2.24) is 29.5 Å². The average Bonchev–Trinajstić information content (AvgIpc) is 3.45. The van der Waals surface area contributed by atoms with Gasteiger partial charge in [-0.05, 0) is 44.5 Å². The minimum atomic E-state index is 0.0650. The van der Waals surface area contributed by atoms with E-state index in [0.717, 1.165) is 56.4 Å². The molecule has 2 aromatic heterocycles. The number of rotatable bonds is 11. The van der Waals surface area contributed by atoms with Crippen molar-refractivity contribution >= 4 is 17.6 Å². The molecule has 34 heavy (non-hydrogen) atoms. The first-order valence-corrected chi connectivity index (χ1v) is 12.8. The minimum absolute atomic E-state index is 0.0650. The van der Waals surface area contributed by atoms with Gasteiger partial charge in [-0.15, -0.1) is 0 Å². The van der Waals surface area contributed by atoms with E-state index in [0.29, 0.717) is 38.9 Å². The molecule has 4 rings (SSSR count). The second kappa shape index (κ2) is 11.7. The number of amides is 2. The van der Waals surface area contributed by atoms with E-state index in [-0.39, 0.29) is 11.8 Å². The molecule has 9 heteroatoms. The molecule has 2 aliphatic rings. The van der Waals surface area contributed by atoms with Gasteiger partial charge in [-0.3, -0.25) is 14.5 Å². The van der Waals surface area contributed by atoms with E-state index in [1.165, 1.54) is 13.0 Å². The highest BCUT2D eigenvalue weighted by molar-refractivity contribution is 5.94. The standard InChI is InChI=1S/C25H39N7O2/c1-3-11-29-16-18-30(19-17-29)13-6-10-26-23(33)8-5-14-31-24-20-21(22-7-4-12-28(22)2)27-32(24)15-9-25(31)34/h4,7,12,20H,3,5-6,8-11,13-19H2,1-2H3,(H,26,33). The van der Waals surface area contributed by atoms with Gasteiger partial charge in [0.1, 0.15) is 11.5 Å². The second-order valence-corrected chi connectivity index (χ2v) is 9.40. The summed E-state index contributed by atoms with van der Waals surface area (Å²) in [6, 6.07) is 5.99. The van der Waals surface area contributed by atoms with E-state index < -0.39 is 0 Å². The summed E-state index contributed by atoms with van der Waals surface area (Å²) >= 11 is 0. The summed E-state index contributed by atoms with van der Waals surface area (Å²) in [5, 5.41) is 7.75. The molecule has 9 nitrogen and oxygen atoms in total. The number of aromatic nitrogens is 3. The fourth-order valence-electron chi connectivity index (χ4n) is 4.91. The molecule has 4 heterocycles. The van der Waals surface area contributed by atoms with Crippen molar-refractivity contribution in [2.75, 3.05) is 57.3 Å². The molecule has 186 valence electrons. The number of anilines is 1. The first-order chi connectivity index (χ1) is 16.5. The monoisotopic (exact) mass is 469 g/mol. The SMILES string of the molecule is CCCN1CCN(CCCNC(=O)CCCN2C(=O)CCn3nc(-c4cccn4C)cc32)CC1. The lowest BCUT2D eigenvalue weighted by Crippen LogP contribution is -2.47. The first kappa shape index (κ1) is 24.5. The van der Waals surface area contributed by atoms with Gasteiger partial charge in [-0.1, -0.05) is 6.92 Å². The third-order valence-electron chi connectivity index (χ3n) is 6.84. The molecular weight excluding hydrogens is 430 g/mol. The number of piperazine rings is 1. The predicted molar refractivity (Wildman–Crippen MR) is 134 cm³/mol. The molecule has 0 radical (unpaired) electrons. The quantitative estimate of drug-likeness (QED) is 0.509. The van der Waals surface area contributed by atoms with Crippen molar-refractivity contribution in [3.63, 3.8) is 0 Å². The van der Waals surface area contributed by atoms with Crippen molar-refractivity contribution in [2.45, 2.75) is 45.6 Å². The van der Waals surface area contributed by atoms with Crippen molar-refractivity contribution < 1.29 is 9.59 Å². The van der Waals surface area contributed by atoms with Gasteiger partial charge in [0, 0.05) is 71.4 Å². The number of nitrogens with zero attached hydrogens (tertiary/aromatic N) is 6. The summed E-state index contributed by atoms with van der Waals surface area (Å²) in [4.78, 5) is 31.7. The highest BCUT2D eigenvalue weighted by atomic mass is 16.2. The van der Waals surface area contributed by atoms with Gasteiger partial charge in [0.05, 0.1) is 12.2 Å². The molecule has 2 aromatic rings. The van der Waals surface area contributed by atoms with Crippen LogP contribution in [0.15, 0.2) is 24.4 Å². The van der Waals surface area contributed by atoms with Gasteiger partial charge >= 0.3 is 0 Å². The summed E-state index contributed by atoms with van der Waals surface area (Å²) in [5.74, 6) is 0.993. The smallest absolute Gasteiger partial charge is 0.229 e. The number of aryl methyl sites for hydroxylation is 2. The zero-order valence-corrected chi connectivity index (χ0v) is 20.7. The van der Waals surface area contributed by atoms with Crippen LogP contribution in [-0.2, 0) is 23.2 Å². The lowest BCUT2D eigenvalue weighted by molar-refractivity contribution is -0.122. The van der Waals surface area contributed by atoms with Gasteiger partial charge in [-0.25, -0.2) is 4.68 Å². The van der Waals surface area contributed by atoms with Crippen LogP contribution in [0.5, 0.6) is 0 Å². The van der Waals surface area contributed by atoms with Crippen LogP contribution in [0.1, 0.15) is 39.0 Å². The fourth-order valence-corrected chi connectivity index (χ4v) is 4.91. The van der Waals surface area contributed by atoms with Crippen LogP contribution in [0.3, 0.4) is 0 Å². The van der Waals surface area contributed by atoms with E-state index in [9.17, 15) is 9.59 Å². The molecule has 0 saturated carbocycles. The number of nitrogens with one attached hydrogen (secondary N) is 1. The summed E-state index contributed by atoms with van der Waals surface area (Å²) in [6.45, 7) is 10.9. The third-order valence-corrected chi connectivity index (χ3v) is 6.84. The van der Waals surface area contributed by atoms with Gasteiger partial charge in [0.15, 0.2) is 0 Å². The molecule has 2 aliphatic heterocycles. The van der Waals surface area contributed by atoms with Gasteiger partial charge in [-0.2, -0.15) is 5.10 Å². The molecule has 0 atom stereocenters. The highest BCUT2D eigenvalue weighted by Gasteiger charge is 2.26. The Kier molecular flexibility index (Phi) is 8.39. The first-order valence-electron chi connectivity index (χ1n) is 12.8. The number of hydrogen-bond acceptors (Lipinski definition) is 5. The number of hydrogen-bond donors (Lipinski definition) is 1. The molecule has 0 bridgehead atoms. The van der Waals surface area contributed by atoms with E-state index in [2.05, 4.69) is 22.0 Å². The van der Waals surface area contributed by atoms with E-state index >= 15 is 0 Å². The third kappa shape index (κ3) is 6.07. The van der Waals surface area contributed by atoms with Crippen molar-refractivity contribution in [1.29, 1.82) is 0 Å². The Labute approximate surface area is 202 Å². The van der Waals surface area contributed by atoms with Crippen molar-refractivity contribution in [2.24, 2.45) is 7.05 Å². The maximum absolute atomic E-state index is 12.6. The van der Waals surface area contributed by atoms with Crippen LogP contribution in [0.4, 0.5) is 5.82 Å². The van der Waals surface area contributed by atoms with Crippen LogP contribution in [0, 0.1) is 0 Å². The van der Waals surface area contributed by atoms with E-state index in [1.807, 2.05) is 40.7 Å². The molecule has 0 unspecified atom stereocenters. The highest BCUT2D eigenvalue weighted by Crippen LogP contribution is 2.28. The Morgan fingerprint density at radius 1 is 1.06 bits per heavy atom. The van der Waals surface area contributed by atoms with Crippen LogP contribution in [-0.4, -0.2) is 88.3 Å². The summed E-state index contributed by atoms with van der Waals surface area (Å²) < 4.78 is 3.93. The Balaban J connectivity index is 1.17. The molecule has 2 amide bonds. The van der Waals surface area contributed by atoms with Crippen LogP contribution in [0.2, 0.25) is 0 Å². The Morgan fingerprint density at radius 2 is 1.82 bits per heavy atom. The Morgan fingerprint density at radius 3 is 2.53 bits per heavy atom. The zero-order valence-electron chi connectivity index (χ0n) is 20.7. The molecule has 0 aliphatic carbocycles. The minimum Gasteiger partial charge on any atom is -0.356 e. The molecule has 1 N–H and O–H groups in total. The summed E-state index contributed by atoms with van der Waals surface area (Å²) in [6.07, 6.45) is 5.70. The van der Waals surface area contributed by atoms with Gasteiger partial charge in [0.2, 0.25) is 11.8 Å². The number of carbonyl (C=O) groups excluding carboxylic acids is 2. The topological polar surface area (TPSA) is 78.6 Å². The maximum Gasteiger partial charge on any atom is 0.229 e. The van der Waals surface area contributed by atoms with E-state index in [4.69, 9.17) is 5.10 Å². The average molecular weight is 470 g/mol. The normalized spacial score (nSPS) is 17.2. The molecule has 0 spiro atoms. The molecule has 1 fully saturated rings. The van der Waals surface area contributed by atoms with E-state index in [1.54, 1.807) is 4.90 Å². The molecular formula is C25H39N7O2. The lowest BCUT2D eigenvalue weighted by atomic mass is 10.2.